The van der Waals surface area contributed by atoms with Crippen LogP contribution in [-0.2, 0) is 0 Å². The Morgan fingerprint density at radius 2 is 1.44 bits per heavy atom. The first-order valence-electron chi connectivity index (χ1n) is 6.72. The lowest BCUT2D eigenvalue weighted by atomic mass is 10.0. The van der Waals surface area contributed by atoms with E-state index in [1.54, 1.807) is 0 Å². The molecule has 0 saturated carbocycles. The molecule has 0 N–H and O–H groups in total. The summed E-state index contributed by atoms with van der Waals surface area (Å²) in [4.78, 5) is 10.6. The fourth-order valence-electron chi connectivity index (χ4n) is 1.93. The standard InChI is InChI=1S/C16H10F6O3/c17-15(18,19)9-24-13-6-5-12(7-14(13)25-16(20,21)22)11-3-1-10(8-23)2-4-11/h1-8H,9H2. The number of ether oxygens (including phenoxy) is 2. The molecule has 0 radical (unpaired) electrons. The average molecular weight is 364 g/mol. The normalized spacial score (nSPS) is 11.9. The van der Waals surface area contributed by atoms with Gasteiger partial charge in [0.15, 0.2) is 18.1 Å². The van der Waals surface area contributed by atoms with Crippen molar-refractivity contribution >= 4 is 6.29 Å². The van der Waals surface area contributed by atoms with Crippen LogP contribution in [0.25, 0.3) is 11.1 Å². The van der Waals surface area contributed by atoms with Crippen molar-refractivity contribution in [3.63, 3.8) is 0 Å². The second-order valence-corrected chi connectivity index (χ2v) is 4.85. The average Bonchev–Trinajstić information content (AvgIpc) is 2.51. The van der Waals surface area contributed by atoms with E-state index in [0.29, 0.717) is 17.4 Å². The van der Waals surface area contributed by atoms with E-state index in [9.17, 15) is 31.1 Å². The van der Waals surface area contributed by atoms with E-state index in [4.69, 9.17) is 0 Å². The molecule has 0 saturated heterocycles. The molecule has 2 rings (SSSR count). The zero-order chi connectivity index (χ0) is 18.7. The number of benzene rings is 2. The Hall–Kier alpha value is -2.71. The predicted molar refractivity (Wildman–Crippen MR) is 75.5 cm³/mol. The summed E-state index contributed by atoms with van der Waals surface area (Å²) in [6, 6.07) is 9.00. The van der Waals surface area contributed by atoms with Crippen molar-refractivity contribution in [3.05, 3.63) is 48.0 Å². The van der Waals surface area contributed by atoms with Crippen molar-refractivity contribution < 1.29 is 40.6 Å². The molecule has 9 heteroatoms. The Morgan fingerprint density at radius 3 is 1.96 bits per heavy atom. The fraction of sp³-hybridized carbons (Fsp3) is 0.188. The lowest BCUT2D eigenvalue weighted by Gasteiger charge is -2.16. The van der Waals surface area contributed by atoms with Crippen LogP contribution in [0.2, 0.25) is 0 Å². The Kier molecular flexibility index (Phi) is 5.24. The van der Waals surface area contributed by atoms with Gasteiger partial charge in [0.2, 0.25) is 0 Å². The predicted octanol–water partition coefficient (Wildman–Crippen LogP) is 5.01. The van der Waals surface area contributed by atoms with Crippen molar-refractivity contribution in [2.75, 3.05) is 6.61 Å². The highest BCUT2D eigenvalue weighted by Gasteiger charge is 2.34. The molecule has 0 bridgehead atoms. The zero-order valence-corrected chi connectivity index (χ0v) is 12.3. The number of carbonyl (C=O) groups is 1. The summed E-state index contributed by atoms with van der Waals surface area (Å²) < 4.78 is 82.2. The molecule has 0 unspecified atom stereocenters. The third kappa shape index (κ3) is 5.70. The largest absolute Gasteiger partial charge is 0.573 e. The molecule has 0 fully saturated rings. The van der Waals surface area contributed by atoms with Crippen LogP contribution < -0.4 is 9.47 Å². The van der Waals surface area contributed by atoms with Gasteiger partial charge in [0.25, 0.3) is 0 Å². The summed E-state index contributed by atoms with van der Waals surface area (Å²) >= 11 is 0. The molecular formula is C16H10F6O3. The second-order valence-electron chi connectivity index (χ2n) is 4.85. The van der Waals surface area contributed by atoms with Gasteiger partial charge in [-0.2, -0.15) is 13.2 Å². The summed E-state index contributed by atoms with van der Waals surface area (Å²) in [6.45, 7) is -1.76. The van der Waals surface area contributed by atoms with E-state index in [1.807, 2.05) is 0 Å². The van der Waals surface area contributed by atoms with Gasteiger partial charge >= 0.3 is 12.5 Å². The van der Waals surface area contributed by atoms with Crippen LogP contribution >= 0.6 is 0 Å². The molecule has 0 aromatic heterocycles. The Labute approximate surface area is 137 Å². The van der Waals surface area contributed by atoms with E-state index in [-0.39, 0.29) is 5.56 Å². The molecule has 0 amide bonds. The van der Waals surface area contributed by atoms with Gasteiger partial charge < -0.3 is 9.47 Å². The first-order valence-corrected chi connectivity index (χ1v) is 6.72. The monoisotopic (exact) mass is 364 g/mol. The van der Waals surface area contributed by atoms with Gasteiger partial charge in [-0.25, -0.2) is 0 Å². The maximum atomic E-state index is 12.5. The van der Waals surface area contributed by atoms with Crippen LogP contribution in [0.1, 0.15) is 10.4 Å². The molecule has 3 nitrogen and oxygen atoms in total. The highest BCUT2D eigenvalue weighted by atomic mass is 19.4. The summed E-state index contributed by atoms with van der Waals surface area (Å²) in [7, 11) is 0. The molecule has 0 aliphatic heterocycles. The van der Waals surface area contributed by atoms with Gasteiger partial charge in [0.05, 0.1) is 0 Å². The molecule has 2 aromatic carbocycles. The highest BCUT2D eigenvalue weighted by Crippen LogP contribution is 2.37. The smallest absolute Gasteiger partial charge is 0.480 e. The lowest BCUT2D eigenvalue weighted by molar-refractivity contribution is -0.275. The van der Waals surface area contributed by atoms with E-state index < -0.39 is 30.6 Å². The Morgan fingerprint density at radius 1 is 0.840 bits per heavy atom. The lowest BCUT2D eigenvalue weighted by Crippen LogP contribution is -2.21. The summed E-state index contributed by atoms with van der Waals surface area (Å²) in [5.41, 5.74) is 1.05. The number of rotatable bonds is 5. The molecule has 25 heavy (non-hydrogen) atoms. The van der Waals surface area contributed by atoms with Crippen LogP contribution in [-0.4, -0.2) is 25.4 Å². The van der Waals surface area contributed by atoms with Crippen molar-refractivity contribution in [2.24, 2.45) is 0 Å². The number of alkyl halides is 6. The Bertz CT molecular complexity index is 735. The van der Waals surface area contributed by atoms with Crippen LogP contribution in [0.5, 0.6) is 11.5 Å². The minimum atomic E-state index is -5.10. The number of halogens is 6. The quantitative estimate of drug-likeness (QED) is 0.553. The molecule has 0 heterocycles. The first-order chi connectivity index (χ1) is 11.6. The van der Waals surface area contributed by atoms with E-state index in [2.05, 4.69) is 9.47 Å². The molecule has 2 aromatic rings. The molecule has 0 spiro atoms. The number of carbonyl (C=O) groups excluding carboxylic acids is 1. The number of aldehydes is 1. The number of hydrogen-bond acceptors (Lipinski definition) is 3. The van der Waals surface area contributed by atoms with Gasteiger partial charge in [0.1, 0.15) is 6.29 Å². The zero-order valence-electron chi connectivity index (χ0n) is 12.3. The first kappa shape index (κ1) is 18.6. The summed E-state index contributed by atoms with van der Waals surface area (Å²) in [6.07, 6.45) is -9.22. The maximum absolute atomic E-state index is 12.5. The number of hydrogen-bond donors (Lipinski definition) is 0. The minimum Gasteiger partial charge on any atom is -0.480 e. The third-order valence-electron chi connectivity index (χ3n) is 2.94. The molecule has 134 valence electrons. The minimum absolute atomic E-state index is 0.246. The molecule has 0 atom stereocenters. The van der Waals surface area contributed by atoms with Crippen LogP contribution in [0.15, 0.2) is 42.5 Å². The fourth-order valence-corrected chi connectivity index (χ4v) is 1.93. The van der Waals surface area contributed by atoms with Crippen molar-refractivity contribution in [2.45, 2.75) is 12.5 Å². The highest BCUT2D eigenvalue weighted by molar-refractivity contribution is 5.77. The van der Waals surface area contributed by atoms with E-state index in [0.717, 1.165) is 12.1 Å². The van der Waals surface area contributed by atoms with Crippen molar-refractivity contribution in [1.82, 2.24) is 0 Å². The van der Waals surface area contributed by atoms with Crippen molar-refractivity contribution in [1.29, 1.82) is 0 Å². The maximum Gasteiger partial charge on any atom is 0.573 e. The summed E-state index contributed by atoms with van der Waals surface area (Å²) in [5, 5.41) is 0. The van der Waals surface area contributed by atoms with Gasteiger partial charge in [0, 0.05) is 5.56 Å². The van der Waals surface area contributed by atoms with Gasteiger partial charge in [-0.1, -0.05) is 30.3 Å². The van der Waals surface area contributed by atoms with Crippen LogP contribution in [0.3, 0.4) is 0 Å². The second kappa shape index (κ2) is 7.04. The van der Waals surface area contributed by atoms with Gasteiger partial charge in [-0.05, 0) is 23.3 Å². The van der Waals surface area contributed by atoms with Crippen LogP contribution in [0.4, 0.5) is 26.3 Å². The van der Waals surface area contributed by atoms with Crippen molar-refractivity contribution in [3.8, 4) is 22.6 Å². The molecule has 0 aliphatic rings. The molecule has 0 aliphatic carbocycles. The van der Waals surface area contributed by atoms with Crippen LogP contribution in [0, 0.1) is 0 Å². The third-order valence-corrected chi connectivity index (χ3v) is 2.94. The van der Waals surface area contributed by atoms with E-state index in [1.165, 1.54) is 30.3 Å². The summed E-state index contributed by atoms with van der Waals surface area (Å²) in [5.74, 6) is -1.59. The van der Waals surface area contributed by atoms with Gasteiger partial charge in [-0.3, -0.25) is 4.79 Å². The SMILES string of the molecule is O=Cc1ccc(-c2ccc(OCC(F)(F)F)c(OC(F)(F)F)c2)cc1. The van der Waals surface area contributed by atoms with E-state index >= 15 is 0 Å². The van der Waals surface area contributed by atoms with Gasteiger partial charge in [-0.15, -0.1) is 13.2 Å². The topological polar surface area (TPSA) is 35.5 Å². The molecular weight excluding hydrogens is 354 g/mol. The Balaban J connectivity index is 2.36.